The van der Waals surface area contributed by atoms with Crippen molar-refractivity contribution in [3.8, 4) is 0 Å². The lowest BCUT2D eigenvalue weighted by Gasteiger charge is -2.45. The fourth-order valence-electron chi connectivity index (χ4n) is 2.97. The molecule has 1 aliphatic heterocycles. The number of esters is 1. The topological polar surface area (TPSA) is 29.5 Å². The minimum absolute atomic E-state index is 0.0556. The van der Waals surface area contributed by atoms with Gasteiger partial charge in [0.1, 0.15) is 0 Å². The number of ether oxygens (including phenoxy) is 1. The summed E-state index contributed by atoms with van der Waals surface area (Å²) in [7, 11) is 1.47. The molecule has 1 saturated heterocycles. The maximum Gasteiger partial charge on any atom is 0.309 e. The first-order chi connectivity index (χ1) is 7.88. The molecule has 0 saturated carbocycles. The van der Waals surface area contributed by atoms with Gasteiger partial charge in [0.25, 0.3) is 0 Å². The second-order valence-electron chi connectivity index (χ2n) is 5.81. The Morgan fingerprint density at radius 2 is 1.88 bits per heavy atom. The van der Waals surface area contributed by atoms with Gasteiger partial charge in [-0.2, -0.15) is 0 Å². The molecule has 3 heteroatoms. The molecule has 100 valence electrons. The summed E-state index contributed by atoms with van der Waals surface area (Å²) in [6.45, 7) is 12.1. The minimum Gasteiger partial charge on any atom is -0.469 e. The maximum atomic E-state index is 11.6. The number of rotatable bonds is 3. The molecule has 0 radical (unpaired) electrons. The Bertz CT molecular complexity index is 267. The van der Waals surface area contributed by atoms with Gasteiger partial charge in [-0.3, -0.25) is 9.69 Å². The van der Waals surface area contributed by atoms with Crippen LogP contribution >= 0.6 is 0 Å². The Balaban J connectivity index is 2.72. The second-order valence-corrected chi connectivity index (χ2v) is 5.81. The molecule has 0 spiro atoms. The van der Waals surface area contributed by atoms with Gasteiger partial charge >= 0.3 is 5.97 Å². The van der Waals surface area contributed by atoms with E-state index < -0.39 is 0 Å². The number of hydrogen-bond donors (Lipinski definition) is 0. The zero-order chi connectivity index (χ0) is 13.2. The summed E-state index contributed by atoms with van der Waals surface area (Å²) in [4.78, 5) is 14.1. The van der Waals surface area contributed by atoms with E-state index in [9.17, 15) is 4.79 Å². The highest BCUT2D eigenvalue weighted by Gasteiger charge is 2.35. The van der Waals surface area contributed by atoms with Crippen LogP contribution in [0.15, 0.2) is 0 Å². The van der Waals surface area contributed by atoms with E-state index in [0.717, 1.165) is 6.54 Å². The summed E-state index contributed by atoms with van der Waals surface area (Å²) in [6.07, 6.45) is 1.29. The molecular weight excluding hydrogens is 214 g/mol. The van der Waals surface area contributed by atoms with Crippen LogP contribution in [0.1, 0.15) is 41.0 Å². The van der Waals surface area contributed by atoms with E-state index in [1.807, 2.05) is 6.92 Å². The van der Waals surface area contributed by atoms with Crippen LogP contribution in [-0.2, 0) is 9.53 Å². The van der Waals surface area contributed by atoms with Crippen LogP contribution in [0, 0.1) is 17.8 Å². The van der Waals surface area contributed by atoms with Gasteiger partial charge < -0.3 is 4.74 Å². The molecular formula is C14H27NO2. The summed E-state index contributed by atoms with van der Waals surface area (Å²) in [6, 6.07) is 0.802. The molecule has 0 aromatic carbocycles. The number of methoxy groups -OCH3 is 1. The van der Waals surface area contributed by atoms with Crippen molar-refractivity contribution in [1.29, 1.82) is 0 Å². The van der Waals surface area contributed by atoms with Crippen molar-refractivity contribution in [1.82, 2.24) is 4.90 Å². The van der Waals surface area contributed by atoms with Gasteiger partial charge in [-0.1, -0.05) is 20.8 Å². The Morgan fingerprint density at radius 3 is 2.41 bits per heavy atom. The third-order valence-corrected chi connectivity index (χ3v) is 4.46. The van der Waals surface area contributed by atoms with Crippen molar-refractivity contribution in [2.75, 3.05) is 13.7 Å². The molecule has 0 aromatic heterocycles. The quantitative estimate of drug-likeness (QED) is 0.711. The van der Waals surface area contributed by atoms with Crippen LogP contribution in [0.5, 0.6) is 0 Å². The number of nitrogens with zero attached hydrogens (tertiary/aromatic N) is 1. The fourth-order valence-corrected chi connectivity index (χ4v) is 2.97. The average Bonchev–Trinajstić information content (AvgIpc) is 2.30. The highest BCUT2D eigenvalue weighted by atomic mass is 16.5. The van der Waals surface area contributed by atoms with Gasteiger partial charge in [-0.15, -0.1) is 0 Å². The summed E-state index contributed by atoms with van der Waals surface area (Å²) in [5.41, 5.74) is 0. The Kier molecular flexibility index (Phi) is 4.99. The number of hydrogen-bond acceptors (Lipinski definition) is 3. The van der Waals surface area contributed by atoms with Gasteiger partial charge in [0, 0.05) is 18.6 Å². The van der Waals surface area contributed by atoms with Crippen molar-refractivity contribution in [2.45, 2.75) is 53.1 Å². The van der Waals surface area contributed by atoms with Crippen LogP contribution < -0.4 is 0 Å². The van der Waals surface area contributed by atoms with E-state index in [2.05, 4.69) is 32.6 Å². The summed E-state index contributed by atoms with van der Waals surface area (Å²) < 4.78 is 4.85. The molecule has 0 amide bonds. The zero-order valence-electron chi connectivity index (χ0n) is 12.1. The molecule has 1 aliphatic rings. The molecule has 3 nitrogen and oxygen atoms in total. The van der Waals surface area contributed by atoms with Crippen molar-refractivity contribution in [3.63, 3.8) is 0 Å². The molecule has 0 aromatic rings. The van der Waals surface area contributed by atoms with E-state index in [0.29, 0.717) is 17.9 Å². The predicted molar refractivity (Wildman–Crippen MR) is 69.8 cm³/mol. The highest BCUT2D eigenvalue weighted by molar-refractivity contribution is 5.72. The summed E-state index contributed by atoms with van der Waals surface area (Å²) in [5.74, 6) is 1.26. The van der Waals surface area contributed by atoms with Gasteiger partial charge in [-0.05, 0) is 32.1 Å². The fraction of sp³-hybridized carbons (Fsp3) is 0.929. The van der Waals surface area contributed by atoms with Gasteiger partial charge in [0.2, 0.25) is 0 Å². The highest BCUT2D eigenvalue weighted by Crippen LogP contribution is 2.30. The van der Waals surface area contributed by atoms with Crippen LogP contribution in [0.2, 0.25) is 0 Å². The average molecular weight is 241 g/mol. The van der Waals surface area contributed by atoms with Crippen molar-refractivity contribution >= 4 is 5.97 Å². The summed E-state index contributed by atoms with van der Waals surface area (Å²) in [5, 5.41) is 0. The van der Waals surface area contributed by atoms with Gasteiger partial charge in [-0.25, -0.2) is 0 Å². The first-order valence-corrected chi connectivity index (χ1v) is 6.72. The Morgan fingerprint density at radius 1 is 1.29 bits per heavy atom. The molecule has 5 unspecified atom stereocenters. The predicted octanol–water partition coefficient (Wildman–Crippen LogP) is 2.55. The van der Waals surface area contributed by atoms with Gasteiger partial charge in [0.15, 0.2) is 0 Å². The van der Waals surface area contributed by atoms with Crippen LogP contribution in [0.3, 0.4) is 0 Å². The third kappa shape index (κ3) is 3.21. The second kappa shape index (κ2) is 5.85. The molecule has 1 fully saturated rings. The van der Waals surface area contributed by atoms with Crippen molar-refractivity contribution < 1.29 is 9.53 Å². The lowest BCUT2D eigenvalue weighted by atomic mass is 9.84. The molecule has 1 heterocycles. The smallest absolute Gasteiger partial charge is 0.309 e. The largest absolute Gasteiger partial charge is 0.469 e. The number of likely N-dealkylation sites (tertiary alicyclic amines) is 1. The third-order valence-electron chi connectivity index (χ3n) is 4.46. The maximum absolute atomic E-state index is 11.6. The van der Waals surface area contributed by atoms with E-state index in [1.165, 1.54) is 13.5 Å². The van der Waals surface area contributed by atoms with Crippen LogP contribution in [-0.4, -0.2) is 36.6 Å². The van der Waals surface area contributed by atoms with E-state index >= 15 is 0 Å². The molecule has 1 rings (SSSR count). The van der Waals surface area contributed by atoms with Gasteiger partial charge in [0.05, 0.1) is 13.0 Å². The minimum atomic E-state index is -0.101. The van der Waals surface area contributed by atoms with Crippen molar-refractivity contribution in [3.05, 3.63) is 0 Å². The number of carbonyl (C=O) groups excluding carboxylic acids is 1. The lowest BCUT2D eigenvalue weighted by molar-refractivity contribution is -0.148. The standard InChI is InChI=1S/C14H27NO2/c1-9-7-10(2)12(4)15(8-9)13(5)11(3)14(16)17-6/h9-13H,7-8H2,1-6H3. The Hall–Kier alpha value is -0.570. The first-order valence-electron chi connectivity index (χ1n) is 6.72. The van der Waals surface area contributed by atoms with Crippen LogP contribution in [0.25, 0.3) is 0 Å². The zero-order valence-corrected chi connectivity index (χ0v) is 12.1. The molecule has 17 heavy (non-hydrogen) atoms. The van der Waals surface area contributed by atoms with Crippen molar-refractivity contribution in [2.24, 2.45) is 17.8 Å². The molecule has 0 bridgehead atoms. The first kappa shape index (κ1) is 14.5. The molecule has 0 aliphatic carbocycles. The molecule has 0 N–H and O–H groups in total. The number of carbonyl (C=O) groups is 1. The van der Waals surface area contributed by atoms with E-state index in [1.54, 1.807) is 0 Å². The summed E-state index contributed by atoms with van der Waals surface area (Å²) >= 11 is 0. The van der Waals surface area contributed by atoms with E-state index in [-0.39, 0.29) is 17.9 Å². The van der Waals surface area contributed by atoms with Crippen LogP contribution in [0.4, 0.5) is 0 Å². The normalized spacial score (nSPS) is 34.1. The monoisotopic (exact) mass is 241 g/mol. The number of piperidine rings is 1. The Labute approximate surface area is 106 Å². The lowest BCUT2D eigenvalue weighted by Crippen LogP contribution is -2.52. The molecule has 5 atom stereocenters. The SMILES string of the molecule is COC(=O)C(C)C(C)N1CC(C)CC(C)C1C. The van der Waals surface area contributed by atoms with E-state index in [4.69, 9.17) is 4.74 Å².